The maximum Gasteiger partial charge on any atom is 0.139 e. The Bertz CT molecular complexity index is 291. The summed E-state index contributed by atoms with van der Waals surface area (Å²) in [5, 5.41) is 8.63. The maximum absolute atomic E-state index is 8.63. The van der Waals surface area contributed by atoms with E-state index in [9.17, 15) is 0 Å². The van der Waals surface area contributed by atoms with Gasteiger partial charge in [-0.3, -0.25) is 0 Å². The minimum Gasteiger partial charge on any atom is -0.322 e. The molecule has 0 radical (unpaired) electrons. The lowest BCUT2D eigenvalue weighted by atomic mass is 10.4. The van der Waals surface area contributed by atoms with Gasteiger partial charge in [0.05, 0.1) is 12.5 Å². The average Bonchev–Trinajstić information content (AvgIpc) is 2.68. The van der Waals surface area contributed by atoms with E-state index in [1.54, 1.807) is 12.5 Å². The van der Waals surface area contributed by atoms with Crippen LogP contribution in [0.3, 0.4) is 0 Å². The zero-order valence-electron chi connectivity index (χ0n) is 6.20. The van der Waals surface area contributed by atoms with E-state index in [4.69, 9.17) is 5.26 Å². The molecule has 1 heterocycles. The molecule has 11 heavy (non-hydrogen) atoms. The lowest BCUT2D eigenvalue weighted by Crippen LogP contribution is -1.99. The van der Waals surface area contributed by atoms with Gasteiger partial charge in [-0.25, -0.2) is 4.98 Å². The highest BCUT2D eigenvalue weighted by molar-refractivity contribution is 5.17. The highest BCUT2D eigenvalue weighted by Gasteiger charge is 2.22. The van der Waals surface area contributed by atoms with Gasteiger partial charge in [-0.1, -0.05) is 0 Å². The molecule has 1 aliphatic rings. The number of rotatable bonds is 2. The van der Waals surface area contributed by atoms with E-state index >= 15 is 0 Å². The summed E-state index contributed by atoms with van der Waals surface area (Å²) in [6.45, 7) is 0.975. The first kappa shape index (κ1) is 6.41. The Labute approximate surface area is 65.3 Å². The first-order valence-electron chi connectivity index (χ1n) is 3.80. The van der Waals surface area contributed by atoms with Gasteiger partial charge < -0.3 is 4.57 Å². The number of nitrogens with zero attached hydrogens (tertiary/aromatic N) is 3. The normalized spacial score (nSPS) is 16.3. The average molecular weight is 147 g/mol. The molecule has 0 aliphatic heterocycles. The Morgan fingerprint density at radius 1 is 1.73 bits per heavy atom. The van der Waals surface area contributed by atoms with E-state index in [-0.39, 0.29) is 0 Å². The first-order chi connectivity index (χ1) is 5.40. The molecule has 1 aromatic rings. The van der Waals surface area contributed by atoms with Crippen molar-refractivity contribution in [3.63, 3.8) is 0 Å². The minimum atomic E-state index is 0.678. The maximum atomic E-state index is 8.63. The fourth-order valence-electron chi connectivity index (χ4n) is 1.14. The minimum absolute atomic E-state index is 0.678. The Morgan fingerprint density at radius 2 is 2.55 bits per heavy atom. The molecular formula is C8H9N3. The molecule has 0 bridgehead atoms. The summed E-state index contributed by atoms with van der Waals surface area (Å²) in [4.78, 5) is 3.91. The number of nitriles is 1. The van der Waals surface area contributed by atoms with Gasteiger partial charge in [0.2, 0.25) is 0 Å². The molecule has 1 aliphatic carbocycles. The van der Waals surface area contributed by atoms with Gasteiger partial charge >= 0.3 is 0 Å². The molecule has 1 aromatic heterocycles. The molecular weight excluding hydrogens is 138 g/mol. The second-order valence-corrected chi connectivity index (χ2v) is 2.99. The van der Waals surface area contributed by atoms with Crippen LogP contribution in [-0.2, 0) is 6.54 Å². The van der Waals surface area contributed by atoms with E-state index < -0.39 is 0 Å². The smallest absolute Gasteiger partial charge is 0.139 e. The zero-order valence-corrected chi connectivity index (χ0v) is 6.20. The standard InChI is InChI=1S/C8H9N3/c9-3-8-4-10-6-11(8)5-7-1-2-7/h4,6-7H,1-2,5H2. The topological polar surface area (TPSA) is 41.6 Å². The molecule has 3 heteroatoms. The van der Waals surface area contributed by atoms with Crippen molar-refractivity contribution in [2.45, 2.75) is 19.4 Å². The van der Waals surface area contributed by atoms with Crippen LogP contribution in [0.15, 0.2) is 12.5 Å². The number of imidazole rings is 1. The Morgan fingerprint density at radius 3 is 3.18 bits per heavy atom. The quantitative estimate of drug-likeness (QED) is 0.630. The van der Waals surface area contributed by atoms with Gasteiger partial charge in [0.1, 0.15) is 11.8 Å². The largest absolute Gasteiger partial charge is 0.322 e. The summed E-state index contributed by atoms with van der Waals surface area (Å²) in [6, 6.07) is 2.11. The van der Waals surface area contributed by atoms with Crippen molar-refractivity contribution in [2.75, 3.05) is 0 Å². The molecule has 3 nitrogen and oxygen atoms in total. The van der Waals surface area contributed by atoms with Crippen LogP contribution in [0.25, 0.3) is 0 Å². The van der Waals surface area contributed by atoms with Crippen molar-refractivity contribution in [1.82, 2.24) is 9.55 Å². The Kier molecular flexibility index (Phi) is 1.39. The molecule has 56 valence electrons. The molecule has 0 unspecified atom stereocenters. The van der Waals surface area contributed by atoms with Crippen LogP contribution >= 0.6 is 0 Å². The fourth-order valence-corrected chi connectivity index (χ4v) is 1.14. The third-order valence-electron chi connectivity index (χ3n) is 1.98. The van der Waals surface area contributed by atoms with Gasteiger partial charge in [0.25, 0.3) is 0 Å². The van der Waals surface area contributed by atoms with E-state index in [0.29, 0.717) is 5.69 Å². The number of hydrogen-bond acceptors (Lipinski definition) is 2. The van der Waals surface area contributed by atoms with Crippen molar-refractivity contribution < 1.29 is 0 Å². The van der Waals surface area contributed by atoms with Crippen molar-refractivity contribution in [2.24, 2.45) is 5.92 Å². The molecule has 1 saturated carbocycles. The van der Waals surface area contributed by atoms with E-state index in [0.717, 1.165) is 12.5 Å². The summed E-state index contributed by atoms with van der Waals surface area (Å²) >= 11 is 0. The van der Waals surface area contributed by atoms with Gasteiger partial charge in [-0.2, -0.15) is 5.26 Å². The van der Waals surface area contributed by atoms with Crippen LogP contribution in [0.2, 0.25) is 0 Å². The monoisotopic (exact) mass is 147 g/mol. The molecule has 0 amide bonds. The highest BCUT2D eigenvalue weighted by atomic mass is 15.0. The Hall–Kier alpha value is -1.30. The predicted molar refractivity (Wildman–Crippen MR) is 39.7 cm³/mol. The SMILES string of the molecule is N#Cc1cncn1CC1CC1. The van der Waals surface area contributed by atoms with Gasteiger partial charge in [0.15, 0.2) is 0 Å². The molecule has 0 atom stereocenters. The summed E-state index contributed by atoms with van der Waals surface area (Å²) in [5.41, 5.74) is 0.678. The van der Waals surface area contributed by atoms with Crippen molar-refractivity contribution in [1.29, 1.82) is 5.26 Å². The van der Waals surface area contributed by atoms with Gasteiger partial charge in [-0.05, 0) is 18.8 Å². The number of aromatic nitrogens is 2. The molecule has 0 N–H and O–H groups in total. The van der Waals surface area contributed by atoms with Crippen LogP contribution in [-0.4, -0.2) is 9.55 Å². The van der Waals surface area contributed by atoms with Gasteiger partial charge in [0, 0.05) is 6.54 Å². The molecule has 0 aromatic carbocycles. The second kappa shape index (κ2) is 2.39. The predicted octanol–water partition coefficient (Wildman–Crippen LogP) is 1.16. The van der Waals surface area contributed by atoms with E-state index in [2.05, 4.69) is 11.1 Å². The molecule has 0 spiro atoms. The van der Waals surface area contributed by atoms with Crippen LogP contribution < -0.4 is 0 Å². The Balaban J connectivity index is 2.15. The summed E-state index contributed by atoms with van der Waals surface area (Å²) < 4.78 is 1.93. The lowest BCUT2D eigenvalue weighted by molar-refractivity contribution is 0.621. The molecule has 2 rings (SSSR count). The molecule has 1 fully saturated rings. The molecule has 0 saturated heterocycles. The summed E-state index contributed by atoms with van der Waals surface area (Å²) in [7, 11) is 0. The fraction of sp³-hybridized carbons (Fsp3) is 0.500. The summed E-state index contributed by atoms with van der Waals surface area (Å²) in [6.07, 6.45) is 5.96. The lowest BCUT2D eigenvalue weighted by Gasteiger charge is -1.99. The van der Waals surface area contributed by atoms with E-state index in [1.807, 2.05) is 4.57 Å². The second-order valence-electron chi connectivity index (χ2n) is 2.99. The van der Waals surface area contributed by atoms with E-state index in [1.165, 1.54) is 12.8 Å². The highest BCUT2D eigenvalue weighted by Crippen LogP contribution is 2.30. The summed E-state index contributed by atoms with van der Waals surface area (Å²) in [5.74, 6) is 0.802. The van der Waals surface area contributed by atoms with Crippen molar-refractivity contribution in [3.05, 3.63) is 18.2 Å². The van der Waals surface area contributed by atoms with Crippen molar-refractivity contribution >= 4 is 0 Å². The van der Waals surface area contributed by atoms with Crippen LogP contribution in [0, 0.1) is 17.2 Å². The first-order valence-corrected chi connectivity index (χ1v) is 3.80. The van der Waals surface area contributed by atoms with Gasteiger partial charge in [-0.15, -0.1) is 0 Å². The third kappa shape index (κ3) is 1.25. The van der Waals surface area contributed by atoms with Crippen LogP contribution in [0.1, 0.15) is 18.5 Å². The van der Waals surface area contributed by atoms with Crippen LogP contribution in [0.4, 0.5) is 0 Å². The van der Waals surface area contributed by atoms with Crippen LogP contribution in [0.5, 0.6) is 0 Å². The zero-order chi connectivity index (χ0) is 7.68. The third-order valence-corrected chi connectivity index (χ3v) is 1.98. The number of hydrogen-bond donors (Lipinski definition) is 0. The van der Waals surface area contributed by atoms with Crippen molar-refractivity contribution in [3.8, 4) is 6.07 Å².